The van der Waals surface area contributed by atoms with Gasteiger partial charge in [0.05, 0.1) is 22.4 Å². The number of primary amides is 2. The zero-order chi connectivity index (χ0) is 41.7. The number of benzene rings is 2. The summed E-state index contributed by atoms with van der Waals surface area (Å²) in [6.45, 7) is 9.95. The predicted molar refractivity (Wildman–Crippen MR) is 218 cm³/mol. The third-order valence-corrected chi connectivity index (χ3v) is 10.9. The molecule has 2 aliphatic heterocycles. The summed E-state index contributed by atoms with van der Waals surface area (Å²) in [4.78, 5) is 64.5. The number of nitrogens with two attached hydrogens (primary N) is 2. The molecule has 1 fully saturated rings. The Morgan fingerprint density at radius 1 is 0.746 bits per heavy atom. The summed E-state index contributed by atoms with van der Waals surface area (Å²) < 4.78 is 20.3. The van der Waals surface area contributed by atoms with E-state index in [1.165, 1.54) is 0 Å². The lowest BCUT2D eigenvalue weighted by Crippen LogP contribution is -2.31. The number of likely N-dealkylation sites (N-methyl/N-ethyl adjacent to an activating group) is 1. The molecule has 6 heterocycles. The lowest BCUT2D eigenvalue weighted by atomic mass is 10.1. The molecule has 2 atom stereocenters. The van der Waals surface area contributed by atoms with Gasteiger partial charge in [0.15, 0.2) is 0 Å². The lowest BCUT2D eigenvalue weighted by Gasteiger charge is -2.20. The summed E-state index contributed by atoms with van der Waals surface area (Å²) >= 11 is 0. The van der Waals surface area contributed by atoms with E-state index >= 15 is 0 Å². The zero-order valence-electron chi connectivity index (χ0n) is 33.6. The second-order valence-electron chi connectivity index (χ2n) is 15.1. The third-order valence-electron chi connectivity index (χ3n) is 10.9. The first-order valence-corrected chi connectivity index (χ1v) is 19.7. The van der Waals surface area contributed by atoms with Gasteiger partial charge in [-0.2, -0.15) is 10.2 Å². The van der Waals surface area contributed by atoms with Crippen molar-refractivity contribution >= 4 is 57.6 Å². The van der Waals surface area contributed by atoms with Crippen LogP contribution in [0.5, 0.6) is 11.5 Å². The molecule has 6 N–H and O–H groups in total. The summed E-state index contributed by atoms with van der Waals surface area (Å²) in [5.74, 6) is -0.755. The highest BCUT2D eigenvalue weighted by molar-refractivity contribution is 6.05. The summed E-state index contributed by atoms with van der Waals surface area (Å²) in [5.41, 5.74) is 16.2. The quantitative estimate of drug-likeness (QED) is 0.174. The zero-order valence-corrected chi connectivity index (χ0v) is 33.6. The molecule has 4 amide bonds. The van der Waals surface area contributed by atoms with Gasteiger partial charge in [0.2, 0.25) is 23.7 Å². The highest BCUT2D eigenvalue weighted by atomic mass is 16.5. The van der Waals surface area contributed by atoms with Gasteiger partial charge >= 0.3 is 0 Å². The van der Waals surface area contributed by atoms with Crippen molar-refractivity contribution in [3.05, 3.63) is 70.3 Å². The molecule has 2 bridgehead atoms. The number of hydrogen-bond donors (Lipinski definition) is 4. The van der Waals surface area contributed by atoms with E-state index in [2.05, 4.69) is 25.7 Å². The first kappa shape index (κ1) is 39.1. The first-order valence-electron chi connectivity index (χ1n) is 19.7. The van der Waals surface area contributed by atoms with Crippen molar-refractivity contribution in [3.8, 4) is 11.5 Å². The molecule has 8 rings (SSSR count). The minimum absolute atomic E-state index is 0.116. The fourth-order valence-electron chi connectivity index (χ4n) is 8.05. The van der Waals surface area contributed by atoms with Gasteiger partial charge in [-0.1, -0.05) is 0 Å². The number of aryl methyl sites for hydroxylation is 6. The van der Waals surface area contributed by atoms with Crippen molar-refractivity contribution in [1.82, 2.24) is 43.6 Å². The molecule has 308 valence electrons. The molecule has 59 heavy (non-hydrogen) atoms. The van der Waals surface area contributed by atoms with Gasteiger partial charge in [-0.25, -0.2) is 9.97 Å². The van der Waals surface area contributed by atoms with Crippen LogP contribution in [0.2, 0.25) is 0 Å². The number of amides is 4. The summed E-state index contributed by atoms with van der Waals surface area (Å²) in [5, 5.41) is 14.9. The summed E-state index contributed by atoms with van der Waals surface area (Å²) in [6.07, 6.45) is 1.34. The van der Waals surface area contributed by atoms with E-state index in [9.17, 15) is 19.2 Å². The second-order valence-corrected chi connectivity index (χ2v) is 15.1. The Labute approximate surface area is 338 Å². The number of aromatic nitrogens is 8. The number of carbonyl (C=O) groups excluding carboxylic acids is 4. The van der Waals surface area contributed by atoms with Gasteiger partial charge in [-0.15, -0.1) is 0 Å². The fraction of sp³-hybridized carbons (Fsp3) is 0.400. The van der Waals surface area contributed by atoms with Crippen LogP contribution in [0.25, 0.3) is 22.1 Å². The molecule has 6 aromatic rings. The molecular weight excluding hydrogens is 759 g/mol. The van der Waals surface area contributed by atoms with Gasteiger partial charge < -0.3 is 30.1 Å². The van der Waals surface area contributed by atoms with E-state index in [0.717, 1.165) is 0 Å². The Morgan fingerprint density at radius 3 is 1.73 bits per heavy atom. The van der Waals surface area contributed by atoms with Crippen LogP contribution in [-0.2, 0) is 26.2 Å². The number of nitrogens with one attached hydrogen (secondary N) is 2. The maximum absolute atomic E-state index is 13.8. The van der Waals surface area contributed by atoms with Crippen molar-refractivity contribution in [2.45, 2.75) is 85.3 Å². The molecule has 2 aliphatic rings. The maximum atomic E-state index is 13.8. The monoisotopic (exact) mass is 805 g/mol. The van der Waals surface area contributed by atoms with Crippen LogP contribution >= 0.6 is 0 Å². The summed E-state index contributed by atoms with van der Waals surface area (Å²) in [7, 11) is 1.97. The molecule has 2 aromatic carbocycles. The molecular formula is C40H47N13O6. The van der Waals surface area contributed by atoms with E-state index in [1.54, 1.807) is 45.8 Å². The number of anilines is 2. The number of carbonyl (C=O) groups is 4. The number of likely N-dealkylation sites (tertiary alicyclic amines) is 1. The molecule has 0 spiro atoms. The topological polar surface area (TPSA) is 237 Å². The molecule has 0 aliphatic carbocycles. The standard InChI is InChI=1S/C40H47N13O6/c1-6-52-29(12-21(3)47-52)37(56)45-39-43-27-14-23(35(41)54)16-31-33(27)50(39)10-8-9-11-51-34-28(44-40(51)46-38(57)30-13-22(4)48-53(30)7-2)15-24(36(42)55)17-32(34)59-26-18-25(20-58-31)49(5)19-26/h12-17,25-26H,6-11,18-20H2,1-5H3,(H2,41,54)(H2,42,55)(H,43,45,56)(H,44,46,57)/t25-,26-/m1/s1. The van der Waals surface area contributed by atoms with Crippen molar-refractivity contribution in [2.24, 2.45) is 11.5 Å². The van der Waals surface area contributed by atoms with Crippen LogP contribution in [-0.4, -0.2) is 99.5 Å². The number of nitrogens with zero attached hydrogens (tertiary/aromatic N) is 9. The molecule has 0 radical (unpaired) electrons. The number of ether oxygens (including phenoxy) is 2. The fourth-order valence-corrected chi connectivity index (χ4v) is 8.05. The van der Waals surface area contributed by atoms with Gasteiger partial charge in [0, 0.05) is 56.3 Å². The first-order chi connectivity index (χ1) is 28.3. The van der Waals surface area contributed by atoms with Crippen LogP contribution < -0.4 is 31.6 Å². The van der Waals surface area contributed by atoms with Crippen LogP contribution in [0.15, 0.2) is 36.4 Å². The second kappa shape index (κ2) is 15.5. The largest absolute Gasteiger partial charge is 0.490 e. The Balaban J connectivity index is 1.22. The normalized spacial score (nSPS) is 17.2. The molecule has 4 aromatic heterocycles. The number of imidazole rings is 2. The minimum Gasteiger partial charge on any atom is -0.490 e. The van der Waals surface area contributed by atoms with Gasteiger partial charge in [0.25, 0.3) is 11.8 Å². The van der Waals surface area contributed by atoms with Crippen molar-refractivity contribution < 1.29 is 28.7 Å². The van der Waals surface area contributed by atoms with Crippen molar-refractivity contribution in [3.63, 3.8) is 0 Å². The average Bonchev–Trinajstić information content (AvgIpc) is 4.01. The van der Waals surface area contributed by atoms with Crippen LogP contribution in [0.3, 0.4) is 0 Å². The van der Waals surface area contributed by atoms with Crippen LogP contribution in [0.4, 0.5) is 11.9 Å². The van der Waals surface area contributed by atoms with Gasteiger partial charge in [-0.05, 0) is 84.0 Å². The minimum atomic E-state index is -0.648. The Hall–Kier alpha value is -6.76. The number of hydrogen-bond acceptors (Lipinski definition) is 11. The lowest BCUT2D eigenvalue weighted by molar-refractivity contribution is 0.0991. The predicted octanol–water partition coefficient (Wildman–Crippen LogP) is 3.46. The van der Waals surface area contributed by atoms with Gasteiger partial charge in [0.1, 0.15) is 46.6 Å². The third kappa shape index (κ3) is 7.44. The molecule has 19 heteroatoms. The Kier molecular flexibility index (Phi) is 10.3. The molecule has 19 nitrogen and oxygen atoms in total. The number of fused-ring (bicyclic) bond motifs is 2. The summed E-state index contributed by atoms with van der Waals surface area (Å²) in [6, 6.07) is 9.76. The van der Waals surface area contributed by atoms with Crippen molar-refractivity contribution in [1.29, 1.82) is 0 Å². The van der Waals surface area contributed by atoms with E-state index in [-0.39, 0.29) is 41.8 Å². The van der Waals surface area contributed by atoms with Crippen LogP contribution in [0.1, 0.15) is 86.2 Å². The van der Waals surface area contributed by atoms with E-state index < -0.39 is 23.6 Å². The molecule has 0 saturated carbocycles. The van der Waals surface area contributed by atoms with E-state index in [0.29, 0.717) is 108 Å². The average molecular weight is 806 g/mol. The van der Waals surface area contributed by atoms with Crippen molar-refractivity contribution in [2.75, 3.05) is 30.8 Å². The molecule has 1 saturated heterocycles. The highest BCUT2D eigenvalue weighted by Crippen LogP contribution is 2.36. The van der Waals surface area contributed by atoms with E-state index in [4.69, 9.17) is 30.9 Å². The highest BCUT2D eigenvalue weighted by Gasteiger charge is 2.34. The SMILES string of the molecule is CCn1nc(C)cc1C(=O)Nc1nc2cc(C(N)=O)cc3c2n1CCCCn1c(NC(=O)c2cc(C)nn2CC)nc2cc(C(N)=O)cc(c21)O[C@@H]1C[C@H](CO3)N(C)C1. The molecule has 0 unspecified atom stereocenters. The Bertz CT molecular complexity index is 2650. The smallest absolute Gasteiger partial charge is 0.276 e. The Morgan fingerprint density at radius 2 is 1.24 bits per heavy atom. The van der Waals surface area contributed by atoms with E-state index in [1.807, 2.05) is 43.9 Å². The van der Waals surface area contributed by atoms with Crippen LogP contribution in [0, 0.1) is 13.8 Å². The maximum Gasteiger partial charge on any atom is 0.276 e. The van der Waals surface area contributed by atoms with Gasteiger partial charge in [-0.3, -0.25) is 44.1 Å². The number of rotatable bonds is 8.